The first-order valence-electron chi connectivity index (χ1n) is 6.53. The Hall–Kier alpha value is -0.480. The number of carbonyl (C=O) groups excluding carboxylic acids is 1. The predicted molar refractivity (Wildman–Crippen MR) is 86.0 cm³/mol. The van der Waals surface area contributed by atoms with Gasteiger partial charge in [-0.2, -0.15) is 0 Å². The number of nitrogens with zero attached hydrogens (tertiary/aromatic N) is 1. The maximum atomic E-state index is 12.6. The third-order valence-corrected chi connectivity index (χ3v) is 4.42. The number of benzene rings is 1. The van der Waals surface area contributed by atoms with E-state index in [1.165, 1.54) is 0 Å². The van der Waals surface area contributed by atoms with Crippen molar-refractivity contribution in [3.05, 3.63) is 33.8 Å². The third kappa shape index (κ3) is 3.59. The van der Waals surface area contributed by atoms with Crippen LogP contribution in [-0.4, -0.2) is 29.4 Å². The molecule has 0 saturated carbocycles. The molecule has 2 rings (SSSR count). The van der Waals surface area contributed by atoms with E-state index in [1.54, 1.807) is 18.2 Å². The van der Waals surface area contributed by atoms with E-state index in [0.717, 1.165) is 25.8 Å². The molecule has 0 aliphatic carbocycles. The van der Waals surface area contributed by atoms with Gasteiger partial charge in [0.1, 0.15) is 0 Å². The number of hydrogen-bond acceptors (Lipinski definition) is 2. The van der Waals surface area contributed by atoms with Crippen LogP contribution < -0.4 is 5.73 Å². The second-order valence-corrected chi connectivity index (χ2v) is 5.81. The molecule has 0 radical (unpaired) electrons. The van der Waals surface area contributed by atoms with E-state index in [9.17, 15) is 4.79 Å². The van der Waals surface area contributed by atoms with Crippen molar-refractivity contribution in [3.8, 4) is 0 Å². The Labute approximate surface area is 135 Å². The van der Waals surface area contributed by atoms with Crippen LogP contribution in [0.15, 0.2) is 18.2 Å². The Morgan fingerprint density at radius 2 is 2.10 bits per heavy atom. The van der Waals surface area contributed by atoms with E-state index >= 15 is 0 Å². The normalized spacial score (nSPS) is 20.2. The zero-order chi connectivity index (χ0) is 14.0. The minimum atomic E-state index is -0.0745. The first kappa shape index (κ1) is 17.6. The molecule has 6 heteroatoms. The maximum Gasteiger partial charge on any atom is 0.255 e. The lowest BCUT2D eigenvalue weighted by atomic mass is 9.96. The molecule has 0 bridgehead atoms. The summed E-state index contributed by atoms with van der Waals surface area (Å²) in [7, 11) is 0. The average molecular weight is 338 g/mol. The first-order chi connectivity index (χ1) is 9.02. The fourth-order valence-electron chi connectivity index (χ4n) is 2.58. The van der Waals surface area contributed by atoms with Gasteiger partial charge in [-0.25, -0.2) is 0 Å². The van der Waals surface area contributed by atoms with E-state index < -0.39 is 0 Å². The van der Waals surface area contributed by atoms with Gasteiger partial charge in [-0.05, 0) is 38.3 Å². The minimum absolute atomic E-state index is 0. The molecule has 0 spiro atoms. The van der Waals surface area contributed by atoms with Crippen molar-refractivity contribution in [2.75, 3.05) is 6.54 Å². The summed E-state index contributed by atoms with van der Waals surface area (Å²) in [5, 5.41) is 0.727. The predicted octanol–water partition coefficient (Wildman–Crippen LogP) is 3.76. The molecule has 1 saturated heterocycles. The largest absolute Gasteiger partial charge is 0.334 e. The molecule has 1 fully saturated rings. The molecule has 2 N–H and O–H groups in total. The maximum absolute atomic E-state index is 12.6. The number of amides is 1. The van der Waals surface area contributed by atoms with Crippen molar-refractivity contribution in [1.82, 2.24) is 4.90 Å². The molecule has 112 valence electrons. The van der Waals surface area contributed by atoms with Crippen molar-refractivity contribution in [2.45, 2.75) is 38.3 Å². The summed E-state index contributed by atoms with van der Waals surface area (Å²) in [6, 6.07) is 5.17. The Kier molecular flexibility index (Phi) is 6.59. The molecule has 1 aromatic rings. The molecule has 0 aromatic heterocycles. The van der Waals surface area contributed by atoms with Crippen molar-refractivity contribution in [2.24, 2.45) is 5.73 Å². The molecular formula is C14H19Cl3N2O. The van der Waals surface area contributed by atoms with E-state index in [4.69, 9.17) is 28.9 Å². The van der Waals surface area contributed by atoms with Gasteiger partial charge in [-0.1, -0.05) is 29.3 Å². The number of halogens is 3. The number of hydrogen-bond donors (Lipinski definition) is 1. The lowest BCUT2D eigenvalue weighted by Gasteiger charge is -2.38. The monoisotopic (exact) mass is 336 g/mol. The highest BCUT2D eigenvalue weighted by atomic mass is 35.5. The number of carbonyl (C=O) groups is 1. The Morgan fingerprint density at radius 3 is 2.75 bits per heavy atom. The van der Waals surface area contributed by atoms with E-state index in [-0.39, 0.29) is 30.4 Å². The fraction of sp³-hybridized carbons (Fsp3) is 0.500. The lowest BCUT2D eigenvalue weighted by Crippen LogP contribution is -2.51. The van der Waals surface area contributed by atoms with Crippen LogP contribution in [0.3, 0.4) is 0 Å². The fourth-order valence-corrected chi connectivity index (χ4v) is 2.96. The summed E-state index contributed by atoms with van der Waals surface area (Å²) in [4.78, 5) is 14.5. The highest BCUT2D eigenvalue weighted by Crippen LogP contribution is 2.29. The number of nitrogens with two attached hydrogens (primary N) is 1. The summed E-state index contributed by atoms with van der Waals surface area (Å²) in [5.41, 5.74) is 6.45. The second kappa shape index (κ2) is 7.51. The standard InChI is InChI=1S/C14H18Cl2N2O.ClH/c1-9(17)12-7-2-3-8-18(12)14(19)10-5-4-6-11(15)13(10)16;/h4-6,9,12H,2-3,7-8,17H2,1H3;1H. The van der Waals surface area contributed by atoms with Gasteiger partial charge in [0.15, 0.2) is 0 Å². The zero-order valence-electron chi connectivity index (χ0n) is 11.3. The van der Waals surface area contributed by atoms with Crippen LogP contribution in [0.5, 0.6) is 0 Å². The van der Waals surface area contributed by atoms with E-state index in [2.05, 4.69) is 0 Å². The highest BCUT2D eigenvalue weighted by molar-refractivity contribution is 6.43. The molecular weight excluding hydrogens is 319 g/mol. The topological polar surface area (TPSA) is 46.3 Å². The summed E-state index contributed by atoms with van der Waals surface area (Å²) in [6.45, 7) is 2.67. The van der Waals surface area contributed by atoms with Crippen LogP contribution in [0.2, 0.25) is 10.0 Å². The average Bonchev–Trinajstić information content (AvgIpc) is 2.41. The molecule has 1 aliphatic rings. The Bertz CT molecular complexity index is 479. The van der Waals surface area contributed by atoms with Crippen LogP contribution in [-0.2, 0) is 0 Å². The summed E-state index contributed by atoms with van der Waals surface area (Å²) in [6.07, 6.45) is 3.06. The smallest absolute Gasteiger partial charge is 0.255 e. The van der Waals surface area contributed by atoms with Gasteiger partial charge in [-0.15, -0.1) is 12.4 Å². The van der Waals surface area contributed by atoms with Gasteiger partial charge in [0.05, 0.1) is 15.6 Å². The van der Waals surface area contributed by atoms with E-state index in [0.29, 0.717) is 15.6 Å². The van der Waals surface area contributed by atoms with Crippen molar-refractivity contribution < 1.29 is 4.79 Å². The highest BCUT2D eigenvalue weighted by Gasteiger charge is 2.30. The van der Waals surface area contributed by atoms with Crippen molar-refractivity contribution in [3.63, 3.8) is 0 Å². The second-order valence-electron chi connectivity index (χ2n) is 5.02. The first-order valence-corrected chi connectivity index (χ1v) is 7.28. The van der Waals surface area contributed by atoms with Crippen LogP contribution in [0.25, 0.3) is 0 Å². The van der Waals surface area contributed by atoms with E-state index in [1.807, 2.05) is 11.8 Å². The van der Waals surface area contributed by atoms with Gasteiger partial charge >= 0.3 is 0 Å². The quantitative estimate of drug-likeness (QED) is 0.893. The molecule has 2 unspecified atom stereocenters. The molecule has 1 aliphatic heterocycles. The Balaban J connectivity index is 0.00000200. The molecule has 1 heterocycles. The third-order valence-electron chi connectivity index (χ3n) is 3.60. The van der Waals surface area contributed by atoms with Gasteiger partial charge < -0.3 is 10.6 Å². The van der Waals surface area contributed by atoms with Gasteiger partial charge in [0.25, 0.3) is 5.91 Å². The minimum Gasteiger partial charge on any atom is -0.334 e. The molecule has 2 atom stereocenters. The lowest BCUT2D eigenvalue weighted by molar-refractivity contribution is 0.0584. The zero-order valence-corrected chi connectivity index (χ0v) is 13.6. The van der Waals surface area contributed by atoms with Crippen LogP contribution in [0, 0.1) is 0 Å². The SMILES string of the molecule is CC(N)C1CCCCN1C(=O)c1cccc(Cl)c1Cl.Cl. The molecule has 3 nitrogen and oxygen atoms in total. The van der Waals surface area contributed by atoms with Gasteiger partial charge in [-0.3, -0.25) is 4.79 Å². The number of rotatable bonds is 2. The van der Waals surface area contributed by atoms with Crippen molar-refractivity contribution >= 4 is 41.5 Å². The molecule has 1 amide bonds. The van der Waals surface area contributed by atoms with Gasteiger partial charge in [0.2, 0.25) is 0 Å². The van der Waals surface area contributed by atoms with Crippen molar-refractivity contribution in [1.29, 1.82) is 0 Å². The van der Waals surface area contributed by atoms with Crippen LogP contribution >= 0.6 is 35.6 Å². The summed E-state index contributed by atoms with van der Waals surface area (Å²) >= 11 is 12.1. The number of piperidine rings is 1. The van der Waals surface area contributed by atoms with Crippen LogP contribution in [0.1, 0.15) is 36.5 Å². The molecule has 20 heavy (non-hydrogen) atoms. The summed E-state index contributed by atoms with van der Waals surface area (Å²) < 4.78 is 0. The van der Waals surface area contributed by atoms with Crippen LogP contribution in [0.4, 0.5) is 0 Å². The van der Waals surface area contributed by atoms with Gasteiger partial charge in [0, 0.05) is 18.6 Å². The Morgan fingerprint density at radius 1 is 1.40 bits per heavy atom. The molecule has 1 aromatic carbocycles. The summed E-state index contributed by atoms with van der Waals surface area (Å²) in [5.74, 6) is -0.0745. The number of likely N-dealkylation sites (tertiary alicyclic amines) is 1.